The lowest BCUT2D eigenvalue weighted by Gasteiger charge is -2.32. The molecule has 0 N–H and O–H groups in total. The Morgan fingerprint density at radius 3 is 2.20 bits per heavy atom. The van der Waals surface area contributed by atoms with Crippen LogP contribution in [0, 0.1) is 0 Å². The molecule has 15 heavy (non-hydrogen) atoms. The lowest BCUT2D eigenvalue weighted by atomic mass is 10.4. The van der Waals surface area contributed by atoms with E-state index in [0.717, 1.165) is 0 Å². The third-order valence-corrected chi connectivity index (χ3v) is 7.72. The van der Waals surface area contributed by atoms with Crippen LogP contribution in [0.5, 0.6) is 0 Å². The van der Waals surface area contributed by atoms with Gasteiger partial charge in [-0.15, -0.1) is 12.4 Å². The molecule has 1 nitrogen and oxygen atoms in total. The van der Waals surface area contributed by atoms with E-state index in [1.807, 2.05) is 0 Å². The molecule has 0 radical (unpaired) electrons. The van der Waals surface area contributed by atoms with Crippen molar-refractivity contribution in [1.82, 2.24) is 4.90 Å². The summed E-state index contributed by atoms with van der Waals surface area (Å²) in [7, 11) is 2.18. The molecular formula is C11H17ClNPS. The van der Waals surface area contributed by atoms with E-state index >= 15 is 0 Å². The lowest BCUT2D eigenvalue weighted by molar-refractivity contribution is 0.368. The highest BCUT2D eigenvalue weighted by molar-refractivity contribution is 8.18. The molecule has 0 aromatic heterocycles. The van der Waals surface area contributed by atoms with Crippen LogP contribution in [-0.2, 0) is 11.8 Å². The van der Waals surface area contributed by atoms with Gasteiger partial charge in [0, 0.05) is 13.1 Å². The highest BCUT2D eigenvalue weighted by Crippen LogP contribution is 2.46. The summed E-state index contributed by atoms with van der Waals surface area (Å²) in [4.78, 5) is 2.38. The summed E-state index contributed by atoms with van der Waals surface area (Å²) in [5.41, 5.74) is 0. The van der Waals surface area contributed by atoms with Gasteiger partial charge in [0.25, 0.3) is 0 Å². The first-order valence-corrected chi connectivity index (χ1v) is 8.20. The summed E-state index contributed by atoms with van der Waals surface area (Å²) in [6.45, 7) is 2.35. The third-order valence-electron chi connectivity index (χ3n) is 2.91. The van der Waals surface area contributed by atoms with Gasteiger partial charge in [0.15, 0.2) is 0 Å². The maximum absolute atomic E-state index is 5.86. The van der Waals surface area contributed by atoms with E-state index in [1.54, 1.807) is 0 Å². The molecule has 1 aromatic carbocycles. The SMILES string of the molecule is CN1CCP(=S)(c2ccccc2)CC1.Cl. The molecule has 1 aliphatic rings. The average molecular weight is 262 g/mol. The van der Waals surface area contributed by atoms with Crippen molar-refractivity contribution in [3.05, 3.63) is 30.3 Å². The minimum Gasteiger partial charge on any atom is -0.306 e. The molecule has 0 spiro atoms. The van der Waals surface area contributed by atoms with Gasteiger partial charge in [-0.05, 0) is 30.7 Å². The summed E-state index contributed by atoms with van der Waals surface area (Å²) in [5.74, 6) is 0. The Bertz CT molecular complexity index is 343. The number of halogens is 1. The molecule has 1 heterocycles. The molecule has 0 atom stereocenters. The fraction of sp³-hybridized carbons (Fsp3) is 0.455. The van der Waals surface area contributed by atoms with Crippen LogP contribution in [0.25, 0.3) is 0 Å². The molecule has 0 amide bonds. The van der Waals surface area contributed by atoms with Crippen molar-refractivity contribution in [1.29, 1.82) is 0 Å². The molecule has 84 valence electrons. The Labute approximate surface area is 103 Å². The average Bonchev–Trinajstić information content (AvgIpc) is 2.24. The Kier molecular flexibility index (Phi) is 4.79. The predicted octanol–water partition coefficient (Wildman–Crippen LogP) is 2.16. The first kappa shape index (κ1) is 13.2. The quantitative estimate of drug-likeness (QED) is 0.713. The first-order chi connectivity index (χ1) is 6.71. The van der Waals surface area contributed by atoms with E-state index in [1.165, 1.54) is 30.7 Å². The van der Waals surface area contributed by atoms with Crippen LogP contribution < -0.4 is 5.30 Å². The van der Waals surface area contributed by atoms with Gasteiger partial charge >= 0.3 is 0 Å². The van der Waals surface area contributed by atoms with Gasteiger partial charge in [-0.3, -0.25) is 0 Å². The zero-order valence-electron chi connectivity index (χ0n) is 8.93. The van der Waals surface area contributed by atoms with Crippen LogP contribution in [0.4, 0.5) is 0 Å². The van der Waals surface area contributed by atoms with Crippen LogP contribution in [0.3, 0.4) is 0 Å². The maximum atomic E-state index is 5.86. The van der Waals surface area contributed by atoms with E-state index in [2.05, 4.69) is 42.3 Å². The van der Waals surface area contributed by atoms with Crippen molar-refractivity contribution >= 4 is 35.6 Å². The number of hydrogen-bond donors (Lipinski definition) is 0. The van der Waals surface area contributed by atoms with Crippen molar-refractivity contribution in [3.63, 3.8) is 0 Å². The van der Waals surface area contributed by atoms with Crippen molar-refractivity contribution < 1.29 is 0 Å². The molecule has 0 saturated carbocycles. The van der Waals surface area contributed by atoms with Gasteiger partial charge < -0.3 is 4.90 Å². The number of nitrogens with zero attached hydrogens (tertiary/aromatic N) is 1. The maximum Gasteiger partial charge on any atom is 0.00280 e. The molecule has 0 bridgehead atoms. The molecule has 2 rings (SSSR count). The van der Waals surface area contributed by atoms with Crippen LogP contribution in [0.1, 0.15) is 0 Å². The van der Waals surface area contributed by atoms with Gasteiger partial charge in [-0.1, -0.05) is 42.1 Å². The number of benzene rings is 1. The zero-order chi connectivity index (χ0) is 10.0. The van der Waals surface area contributed by atoms with Gasteiger partial charge in [0.05, 0.1) is 0 Å². The third kappa shape index (κ3) is 3.04. The summed E-state index contributed by atoms with van der Waals surface area (Å²) in [6, 6.07) is 9.51. The fourth-order valence-corrected chi connectivity index (χ4v) is 5.49. The monoisotopic (exact) mass is 261 g/mol. The second kappa shape index (κ2) is 5.45. The van der Waals surface area contributed by atoms with Crippen LogP contribution in [-0.4, -0.2) is 37.4 Å². The molecule has 1 fully saturated rings. The lowest BCUT2D eigenvalue weighted by Crippen LogP contribution is -2.33. The van der Waals surface area contributed by atoms with Crippen molar-refractivity contribution in [2.45, 2.75) is 0 Å². The normalized spacial score (nSPS) is 20.6. The Hall–Kier alpha value is 0.120. The van der Waals surface area contributed by atoms with Crippen molar-refractivity contribution in [2.75, 3.05) is 32.5 Å². The van der Waals surface area contributed by atoms with Gasteiger partial charge in [-0.2, -0.15) is 0 Å². The summed E-state index contributed by atoms with van der Waals surface area (Å²) >= 11 is 5.86. The molecule has 1 aromatic rings. The molecule has 4 heteroatoms. The molecule has 1 saturated heterocycles. The van der Waals surface area contributed by atoms with E-state index < -0.39 is 6.04 Å². The standard InChI is InChI=1S/C11H16NPS.ClH/c1-12-7-9-13(14,10-8-12)11-5-3-2-4-6-11;/h2-6H,7-10H2,1H3;1H. The summed E-state index contributed by atoms with van der Waals surface area (Å²) in [5, 5.41) is 1.43. The van der Waals surface area contributed by atoms with Crippen LogP contribution in [0.2, 0.25) is 0 Å². The summed E-state index contributed by atoms with van der Waals surface area (Å²) < 4.78 is 0. The Morgan fingerprint density at radius 1 is 1.13 bits per heavy atom. The Morgan fingerprint density at radius 2 is 1.67 bits per heavy atom. The minimum atomic E-state index is -1.21. The van der Waals surface area contributed by atoms with Gasteiger partial charge in [0.1, 0.15) is 0 Å². The van der Waals surface area contributed by atoms with E-state index in [0.29, 0.717) is 0 Å². The van der Waals surface area contributed by atoms with Crippen LogP contribution in [0.15, 0.2) is 30.3 Å². The molecule has 0 unspecified atom stereocenters. The minimum absolute atomic E-state index is 0. The van der Waals surface area contributed by atoms with E-state index in [4.69, 9.17) is 11.8 Å². The largest absolute Gasteiger partial charge is 0.306 e. The predicted molar refractivity (Wildman–Crippen MR) is 74.8 cm³/mol. The fourth-order valence-electron chi connectivity index (χ4n) is 1.85. The zero-order valence-corrected chi connectivity index (χ0v) is 11.5. The van der Waals surface area contributed by atoms with E-state index in [-0.39, 0.29) is 12.4 Å². The molecule has 1 aliphatic heterocycles. The highest BCUT2D eigenvalue weighted by Gasteiger charge is 2.24. The summed E-state index contributed by atoms with van der Waals surface area (Å²) in [6.07, 6.45) is 2.42. The van der Waals surface area contributed by atoms with Gasteiger partial charge in [0.2, 0.25) is 0 Å². The number of hydrogen-bond acceptors (Lipinski definition) is 2. The first-order valence-electron chi connectivity index (χ1n) is 5.03. The van der Waals surface area contributed by atoms with Crippen molar-refractivity contribution in [2.24, 2.45) is 0 Å². The van der Waals surface area contributed by atoms with E-state index in [9.17, 15) is 0 Å². The van der Waals surface area contributed by atoms with Crippen molar-refractivity contribution in [3.8, 4) is 0 Å². The highest BCUT2D eigenvalue weighted by atomic mass is 35.5. The Balaban J connectivity index is 0.00000112. The second-order valence-electron chi connectivity index (χ2n) is 3.98. The topological polar surface area (TPSA) is 3.24 Å². The number of rotatable bonds is 1. The second-order valence-corrected chi connectivity index (χ2v) is 9.26. The smallest absolute Gasteiger partial charge is 0.00280 e. The molecule has 0 aliphatic carbocycles. The van der Waals surface area contributed by atoms with Crippen LogP contribution >= 0.6 is 18.4 Å². The molecular weight excluding hydrogens is 245 g/mol. The van der Waals surface area contributed by atoms with Gasteiger partial charge in [-0.25, -0.2) is 0 Å².